The third kappa shape index (κ3) is 5.44. The Balaban J connectivity index is 1.45. The van der Waals surface area contributed by atoms with Gasteiger partial charge in [0.2, 0.25) is 17.6 Å². The van der Waals surface area contributed by atoms with Gasteiger partial charge < -0.3 is 9.42 Å². The largest absolute Gasteiger partial charge is 0.372 e. The molecule has 8 heteroatoms. The van der Waals surface area contributed by atoms with E-state index in [1.165, 1.54) is 0 Å². The van der Waals surface area contributed by atoms with Gasteiger partial charge in [0.05, 0.1) is 0 Å². The summed E-state index contributed by atoms with van der Waals surface area (Å²) in [4.78, 5) is 30.7. The topological polar surface area (TPSA) is 100 Å². The molecule has 0 unspecified atom stereocenters. The number of carbonyl (C=O) groups excluding carboxylic acids is 2. The van der Waals surface area contributed by atoms with E-state index in [0.29, 0.717) is 17.3 Å². The van der Waals surface area contributed by atoms with Gasteiger partial charge >= 0.3 is 0 Å². The molecule has 0 fully saturated rings. The minimum atomic E-state index is -0.376. The highest BCUT2D eigenvalue weighted by Gasteiger charge is 2.12. The zero-order chi connectivity index (χ0) is 21.3. The van der Waals surface area contributed by atoms with Crippen molar-refractivity contribution >= 4 is 17.5 Å². The van der Waals surface area contributed by atoms with E-state index >= 15 is 0 Å². The first-order chi connectivity index (χ1) is 14.6. The van der Waals surface area contributed by atoms with E-state index in [9.17, 15) is 9.59 Å². The van der Waals surface area contributed by atoms with Crippen molar-refractivity contribution < 1.29 is 14.1 Å². The van der Waals surface area contributed by atoms with Crippen molar-refractivity contribution in [1.82, 2.24) is 21.0 Å². The summed E-state index contributed by atoms with van der Waals surface area (Å²) >= 11 is 0. The minimum absolute atomic E-state index is 0.109. The van der Waals surface area contributed by atoms with Crippen LogP contribution in [0, 0.1) is 0 Å². The highest BCUT2D eigenvalue weighted by molar-refractivity contribution is 5.95. The van der Waals surface area contributed by atoms with E-state index in [1.807, 2.05) is 42.5 Å². The maximum atomic E-state index is 12.2. The van der Waals surface area contributed by atoms with Gasteiger partial charge in [-0.2, -0.15) is 4.98 Å². The van der Waals surface area contributed by atoms with Gasteiger partial charge in [-0.25, -0.2) is 0 Å². The zero-order valence-corrected chi connectivity index (χ0v) is 17.1. The molecule has 0 bridgehead atoms. The molecule has 3 rings (SSSR count). The molecule has 8 nitrogen and oxygen atoms in total. The van der Waals surface area contributed by atoms with Crippen molar-refractivity contribution in [3.05, 3.63) is 66.1 Å². The lowest BCUT2D eigenvalue weighted by Crippen LogP contribution is -2.41. The van der Waals surface area contributed by atoms with Gasteiger partial charge in [-0.15, -0.1) is 0 Å². The second kappa shape index (κ2) is 10.2. The molecule has 0 saturated heterocycles. The van der Waals surface area contributed by atoms with Crippen LogP contribution in [0.2, 0.25) is 0 Å². The number of hydrazine groups is 1. The molecule has 0 spiro atoms. The standard InChI is InChI=1S/C22H25N5O3/c1-3-27(4-2)18-12-10-17(11-13-18)22(29)25-24-19(28)14-15-20-23-21(26-30-20)16-8-6-5-7-9-16/h5-13H,3-4,14-15H2,1-2H3,(H,24,28)(H,25,29). The Morgan fingerprint density at radius 2 is 1.67 bits per heavy atom. The Morgan fingerprint density at radius 1 is 0.967 bits per heavy atom. The molecular weight excluding hydrogens is 382 g/mol. The molecule has 0 aliphatic carbocycles. The Labute approximate surface area is 175 Å². The van der Waals surface area contributed by atoms with E-state index in [4.69, 9.17) is 4.52 Å². The van der Waals surface area contributed by atoms with Gasteiger partial charge in [-0.3, -0.25) is 20.4 Å². The molecule has 0 saturated carbocycles. The summed E-state index contributed by atoms with van der Waals surface area (Å²) in [6, 6.07) is 16.7. The molecular formula is C22H25N5O3. The predicted molar refractivity (Wildman–Crippen MR) is 114 cm³/mol. The molecule has 2 N–H and O–H groups in total. The van der Waals surface area contributed by atoms with E-state index < -0.39 is 0 Å². The molecule has 3 aromatic rings. The fraction of sp³-hybridized carbons (Fsp3) is 0.273. The van der Waals surface area contributed by atoms with Crippen LogP contribution in [0.4, 0.5) is 5.69 Å². The van der Waals surface area contributed by atoms with Crippen molar-refractivity contribution in [2.24, 2.45) is 0 Å². The molecule has 0 aliphatic rings. The smallest absolute Gasteiger partial charge is 0.269 e. The number of nitrogens with one attached hydrogen (secondary N) is 2. The fourth-order valence-electron chi connectivity index (χ4n) is 2.95. The summed E-state index contributed by atoms with van der Waals surface area (Å²) in [5.74, 6) is 0.121. The van der Waals surface area contributed by atoms with Crippen LogP contribution in [0.15, 0.2) is 59.1 Å². The van der Waals surface area contributed by atoms with Crippen LogP contribution in [-0.2, 0) is 11.2 Å². The number of benzene rings is 2. The third-order valence-electron chi connectivity index (χ3n) is 4.64. The first-order valence-corrected chi connectivity index (χ1v) is 9.93. The monoisotopic (exact) mass is 407 g/mol. The molecule has 2 aromatic carbocycles. The normalized spacial score (nSPS) is 10.5. The number of hydrogen-bond donors (Lipinski definition) is 2. The number of anilines is 1. The first kappa shape index (κ1) is 21.0. The van der Waals surface area contributed by atoms with Crippen molar-refractivity contribution in [2.75, 3.05) is 18.0 Å². The van der Waals surface area contributed by atoms with Crippen LogP contribution in [-0.4, -0.2) is 35.0 Å². The van der Waals surface area contributed by atoms with E-state index in [1.54, 1.807) is 12.1 Å². The van der Waals surface area contributed by atoms with Gasteiger partial charge in [-0.05, 0) is 38.1 Å². The number of nitrogens with zero attached hydrogens (tertiary/aromatic N) is 3. The number of amides is 2. The highest BCUT2D eigenvalue weighted by atomic mass is 16.5. The van der Waals surface area contributed by atoms with E-state index in [2.05, 4.69) is 39.7 Å². The predicted octanol–water partition coefficient (Wildman–Crippen LogP) is 2.98. The summed E-state index contributed by atoms with van der Waals surface area (Å²) in [7, 11) is 0. The lowest BCUT2D eigenvalue weighted by atomic mass is 10.2. The SMILES string of the molecule is CCN(CC)c1ccc(C(=O)NNC(=O)CCc2nc(-c3ccccc3)no2)cc1. The highest BCUT2D eigenvalue weighted by Crippen LogP contribution is 2.16. The van der Waals surface area contributed by atoms with Gasteiger partial charge in [0.15, 0.2) is 0 Å². The molecule has 0 radical (unpaired) electrons. The maximum absolute atomic E-state index is 12.2. The van der Waals surface area contributed by atoms with Crippen LogP contribution < -0.4 is 15.8 Å². The van der Waals surface area contributed by atoms with Crippen molar-refractivity contribution in [3.63, 3.8) is 0 Å². The van der Waals surface area contributed by atoms with Gasteiger partial charge in [0.1, 0.15) is 0 Å². The minimum Gasteiger partial charge on any atom is -0.372 e. The molecule has 30 heavy (non-hydrogen) atoms. The second-order valence-electron chi connectivity index (χ2n) is 6.60. The number of aromatic nitrogens is 2. The number of aryl methyl sites for hydroxylation is 1. The number of hydrogen-bond acceptors (Lipinski definition) is 6. The Kier molecular flexibility index (Phi) is 7.15. The molecule has 0 aliphatic heterocycles. The van der Waals surface area contributed by atoms with E-state index in [-0.39, 0.29) is 24.7 Å². The molecule has 0 atom stereocenters. The maximum Gasteiger partial charge on any atom is 0.269 e. The molecule has 156 valence electrons. The van der Waals surface area contributed by atoms with Gasteiger partial charge in [-0.1, -0.05) is 35.5 Å². The van der Waals surface area contributed by atoms with Crippen molar-refractivity contribution in [2.45, 2.75) is 26.7 Å². The van der Waals surface area contributed by atoms with Crippen LogP contribution in [0.5, 0.6) is 0 Å². The Morgan fingerprint density at radius 3 is 2.33 bits per heavy atom. The van der Waals surface area contributed by atoms with Crippen LogP contribution in [0.3, 0.4) is 0 Å². The quantitative estimate of drug-likeness (QED) is 0.557. The first-order valence-electron chi connectivity index (χ1n) is 9.93. The molecule has 1 aromatic heterocycles. The summed E-state index contributed by atoms with van der Waals surface area (Å²) in [5, 5.41) is 3.92. The number of carbonyl (C=O) groups is 2. The molecule has 1 heterocycles. The summed E-state index contributed by atoms with van der Waals surface area (Å²) in [6.07, 6.45) is 0.387. The van der Waals surface area contributed by atoms with Crippen LogP contribution in [0.25, 0.3) is 11.4 Å². The second-order valence-corrected chi connectivity index (χ2v) is 6.60. The Hall–Kier alpha value is -3.68. The van der Waals surface area contributed by atoms with Crippen LogP contribution >= 0.6 is 0 Å². The lowest BCUT2D eigenvalue weighted by Gasteiger charge is -2.21. The summed E-state index contributed by atoms with van der Waals surface area (Å²) in [5.41, 5.74) is 7.20. The molecule has 2 amide bonds. The number of rotatable bonds is 8. The van der Waals surface area contributed by atoms with Gasteiger partial charge in [0.25, 0.3) is 5.91 Å². The van der Waals surface area contributed by atoms with E-state index in [0.717, 1.165) is 24.3 Å². The zero-order valence-electron chi connectivity index (χ0n) is 17.1. The third-order valence-corrected chi connectivity index (χ3v) is 4.64. The van der Waals surface area contributed by atoms with Gasteiger partial charge in [0, 0.05) is 42.7 Å². The lowest BCUT2D eigenvalue weighted by molar-refractivity contribution is -0.121. The fourth-order valence-corrected chi connectivity index (χ4v) is 2.95. The summed E-state index contributed by atoms with van der Waals surface area (Å²) in [6.45, 7) is 5.95. The average Bonchev–Trinajstić information content (AvgIpc) is 3.27. The summed E-state index contributed by atoms with van der Waals surface area (Å²) < 4.78 is 5.18. The Bertz CT molecular complexity index is 966. The van der Waals surface area contributed by atoms with Crippen molar-refractivity contribution in [1.29, 1.82) is 0 Å². The van der Waals surface area contributed by atoms with Crippen LogP contribution in [0.1, 0.15) is 36.5 Å². The van der Waals surface area contributed by atoms with Crippen molar-refractivity contribution in [3.8, 4) is 11.4 Å². The average molecular weight is 407 g/mol.